The van der Waals surface area contributed by atoms with Crippen LogP contribution in [0.5, 0.6) is 0 Å². The topological polar surface area (TPSA) is 69.6 Å². The van der Waals surface area contributed by atoms with E-state index in [-0.39, 0.29) is 17.9 Å². The van der Waals surface area contributed by atoms with Crippen LogP contribution >= 0.6 is 23.2 Å². The van der Waals surface area contributed by atoms with Gasteiger partial charge in [-0.2, -0.15) is 0 Å². The number of nitrogens with zero attached hydrogens (tertiary/aromatic N) is 1. The Labute approximate surface area is 139 Å². The second-order valence-corrected chi connectivity index (χ2v) is 6.28. The number of piperidine rings is 1. The third kappa shape index (κ3) is 4.35. The van der Waals surface area contributed by atoms with Gasteiger partial charge in [-0.15, -0.1) is 0 Å². The zero-order valence-electron chi connectivity index (χ0n) is 12.2. The minimum atomic E-state index is -1.28. The summed E-state index contributed by atoms with van der Waals surface area (Å²) in [5, 5.41) is 13.8. The Morgan fingerprint density at radius 1 is 1.23 bits per heavy atom. The van der Waals surface area contributed by atoms with Crippen molar-refractivity contribution < 1.29 is 14.7 Å². The fourth-order valence-corrected chi connectivity index (χ4v) is 3.12. The van der Waals surface area contributed by atoms with E-state index in [0.29, 0.717) is 41.5 Å². The Morgan fingerprint density at radius 2 is 1.77 bits per heavy atom. The van der Waals surface area contributed by atoms with Crippen LogP contribution in [0.1, 0.15) is 31.4 Å². The zero-order valence-corrected chi connectivity index (χ0v) is 13.7. The Bertz CT molecular complexity index is 552. The monoisotopic (exact) mass is 344 g/mol. The number of hydrogen-bond donors (Lipinski definition) is 2. The molecule has 1 atom stereocenters. The molecule has 1 unspecified atom stereocenters. The van der Waals surface area contributed by atoms with Gasteiger partial charge < -0.3 is 15.3 Å². The molecule has 1 aliphatic heterocycles. The molecular weight excluding hydrogens is 327 g/mol. The first kappa shape index (κ1) is 17.1. The molecule has 7 heteroatoms. The van der Waals surface area contributed by atoms with Gasteiger partial charge in [-0.25, -0.2) is 0 Å². The molecule has 0 aromatic heterocycles. The molecule has 0 saturated carbocycles. The van der Waals surface area contributed by atoms with Gasteiger partial charge in [0, 0.05) is 36.1 Å². The number of likely N-dealkylation sites (tertiary alicyclic amines) is 1. The Kier molecular flexibility index (Phi) is 5.67. The highest BCUT2D eigenvalue weighted by Gasteiger charge is 2.28. The molecule has 120 valence electrons. The highest BCUT2D eigenvalue weighted by atomic mass is 35.5. The Morgan fingerprint density at radius 3 is 2.27 bits per heavy atom. The van der Waals surface area contributed by atoms with E-state index in [1.54, 1.807) is 11.0 Å². The van der Waals surface area contributed by atoms with Crippen LogP contribution in [-0.4, -0.2) is 41.0 Å². The summed E-state index contributed by atoms with van der Waals surface area (Å²) in [6.45, 7) is 2.47. The number of halogens is 2. The summed E-state index contributed by atoms with van der Waals surface area (Å²) in [4.78, 5) is 25.0. The largest absolute Gasteiger partial charge is 0.378 e. The summed E-state index contributed by atoms with van der Waals surface area (Å²) in [7, 11) is 0. The number of carbonyl (C=O) groups is 2. The quantitative estimate of drug-likeness (QED) is 0.882. The summed E-state index contributed by atoms with van der Waals surface area (Å²) < 4.78 is 0. The highest BCUT2D eigenvalue weighted by Crippen LogP contribution is 2.25. The molecule has 0 aliphatic carbocycles. The first-order valence-electron chi connectivity index (χ1n) is 7.07. The molecule has 1 heterocycles. The second-order valence-electron chi connectivity index (χ2n) is 5.41. The average Bonchev–Trinajstić information content (AvgIpc) is 2.45. The SMILES string of the molecule is CC(=O)NC1CCN(C(=O)C(O)c2cc(Cl)cc(Cl)c2)CC1. The minimum Gasteiger partial charge on any atom is -0.378 e. The first-order chi connectivity index (χ1) is 10.4. The molecule has 2 rings (SSSR count). The van der Waals surface area contributed by atoms with Crippen molar-refractivity contribution >= 4 is 35.0 Å². The number of amides is 2. The first-order valence-corrected chi connectivity index (χ1v) is 7.82. The van der Waals surface area contributed by atoms with Crippen LogP contribution in [0.3, 0.4) is 0 Å². The maximum atomic E-state index is 12.4. The number of benzene rings is 1. The Hall–Kier alpha value is -1.30. The number of rotatable bonds is 3. The lowest BCUT2D eigenvalue weighted by atomic mass is 10.0. The third-order valence-corrected chi connectivity index (χ3v) is 4.08. The van der Waals surface area contributed by atoms with E-state index in [1.165, 1.54) is 19.1 Å². The normalized spacial score (nSPS) is 17.2. The van der Waals surface area contributed by atoms with E-state index in [2.05, 4.69) is 5.32 Å². The molecule has 1 aromatic carbocycles. The van der Waals surface area contributed by atoms with E-state index in [4.69, 9.17) is 23.2 Å². The predicted octanol–water partition coefficient (Wildman–Crippen LogP) is 2.15. The molecule has 22 heavy (non-hydrogen) atoms. The van der Waals surface area contributed by atoms with Crippen molar-refractivity contribution in [2.45, 2.75) is 31.9 Å². The van der Waals surface area contributed by atoms with Gasteiger partial charge in [0.2, 0.25) is 5.91 Å². The molecule has 0 bridgehead atoms. The van der Waals surface area contributed by atoms with E-state index in [0.717, 1.165) is 0 Å². The van der Waals surface area contributed by atoms with Crippen molar-refractivity contribution in [1.29, 1.82) is 0 Å². The molecule has 1 aromatic rings. The maximum absolute atomic E-state index is 12.4. The lowest BCUT2D eigenvalue weighted by molar-refractivity contribution is -0.141. The molecule has 2 N–H and O–H groups in total. The summed E-state index contributed by atoms with van der Waals surface area (Å²) in [5.74, 6) is -0.446. The summed E-state index contributed by atoms with van der Waals surface area (Å²) in [6, 6.07) is 4.68. The molecule has 0 spiro atoms. The molecule has 0 radical (unpaired) electrons. The number of carbonyl (C=O) groups excluding carboxylic acids is 2. The molecule has 1 aliphatic rings. The Balaban J connectivity index is 1.98. The summed E-state index contributed by atoms with van der Waals surface area (Å²) in [6.07, 6.45) is 0.0661. The van der Waals surface area contributed by atoms with Crippen molar-refractivity contribution in [3.63, 3.8) is 0 Å². The van der Waals surface area contributed by atoms with Crippen LogP contribution in [0.25, 0.3) is 0 Å². The van der Waals surface area contributed by atoms with Crippen molar-refractivity contribution in [2.75, 3.05) is 13.1 Å². The van der Waals surface area contributed by atoms with Gasteiger partial charge in [-0.1, -0.05) is 23.2 Å². The van der Waals surface area contributed by atoms with Crippen molar-refractivity contribution in [3.05, 3.63) is 33.8 Å². The van der Waals surface area contributed by atoms with Crippen LogP contribution in [-0.2, 0) is 9.59 Å². The van der Waals surface area contributed by atoms with Gasteiger partial charge in [-0.05, 0) is 36.6 Å². The average molecular weight is 345 g/mol. The van der Waals surface area contributed by atoms with E-state index < -0.39 is 6.10 Å². The molecule has 5 nitrogen and oxygen atoms in total. The number of nitrogens with one attached hydrogen (secondary N) is 1. The smallest absolute Gasteiger partial charge is 0.256 e. The minimum absolute atomic E-state index is 0.0709. The molecule has 1 saturated heterocycles. The fraction of sp³-hybridized carbons (Fsp3) is 0.467. The molecule has 1 fully saturated rings. The lowest BCUT2D eigenvalue weighted by Gasteiger charge is -2.33. The predicted molar refractivity (Wildman–Crippen MR) is 84.8 cm³/mol. The van der Waals surface area contributed by atoms with Crippen LogP contribution < -0.4 is 5.32 Å². The van der Waals surface area contributed by atoms with Gasteiger partial charge in [-0.3, -0.25) is 9.59 Å². The zero-order chi connectivity index (χ0) is 16.3. The van der Waals surface area contributed by atoms with Gasteiger partial charge in [0.1, 0.15) is 0 Å². The van der Waals surface area contributed by atoms with Gasteiger partial charge in [0.25, 0.3) is 5.91 Å². The number of aliphatic hydroxyl groups is 1. The van der Waals surface area contributed by atoms with Crippen molar-refractivity contribution in [2.24, 2.45) is 0 Å². The van der Waals surface area contributed by atoms with Gasteiger partial charge in [0.05, 0.1) is 0 Å². The summed E-state index contributed by atoms with van der Waals surface area (Å²) in [5.41, 5.74) is 0.381. The molecular formula is C15H18Cl2N2O3. The van der Waals surface area contributed by atoms with Crippen LogP contribution in [0.15, 0.2) is 18.2 Å². The maximum Gasteiger partial charge on any atom is 0.256 e. The number of hydrogen-bond acceptors (Lipinski definition) is 3. The summed E-state index contributed by atoms with van der Waals surface area (Å²) >= 11 is 11.8. The number of aliphatic hydroxyl groups excluding tert-OH is 1. The van der Waals surface area contributed by atoms with Crippen LogP contribution in [0, 0.1) is 0 Å². The second kappa shape index (κ2) is 7.31. The standard InChI is InChI=1S/C15H18Cl2N2O3/c1-9(20)18-13-2-4-19(5-3-13)15(22)14(21)10-6-11(16)8-12(17)7-10/h6-8,13-14,21H,2-5H2,1H3,(H,18,20). The lowest BCUT2D eigenvalue weighted by Crippen LogP contribution is -2.47. The van der Waals surface area contributed by atoms with Gasteiger partial charge in [0.15, 0.2) is 6.10 Å². The van der Waals surface area contributed by atoms with E-state index in [1.807, 2.05) is 0 Å². The van der Waals surface area contributed by atoms with Crippen molar-refractivity contribution in [1.82, 2.24) is 10.2 Å². The van der Waals surface area contributed by atoms with Crippen LogP contribution in [0.2, 0.25) is 10.0 Å². The third-order valence-electron chi connectivity index (χ3n) is 3.65. The fourth-order valence-electron chi connectivity index (χ4n) is 2.58. The van der Waals surface area contributed by atoms with Crippen molar-refractivity contribution in [3.8, 4) is 0 Å². The molecule has 2 amide bonds. The van der Waals surface area contributed by atoms with Crippen LogP contribution in [0.4, 0.5) is 0 Å². The van der Waals surface area contributed by atoms with E-state index >= 15 is 0 Å². The van der Waals surface area contributed by atoms with E-state index in [9.17, 15) is 14.7 Å². The highest BCUT2D eigenvalue weighted by molar-refractivity contribution is 6.34. The van der Waals surface area contributed by atoms with Gasteiger partial charge >= 0.3 is 0 Å².